The molecule has 3 amide bonds. The first-order chi connectivity index (χ1) is 9.76. The Morgan fingerprint density at radius 1 is 1.14 bits per heavy atom. The summed E-state index contributed by atoms with van der Waals surface area (Å²) >= 11 is 0. The third kappa shape index (κ3) is 7.76. The van der Waals surface area contributed by atoms with E-state index in [9.17, 15) is 14.0 Å². The quantitative estimate of drug-likeness (QED) is 0.748. The molecule has 0 bridgehead atoms. The second-order valence-electron chi connectivity index (χ2n) is 5.38. The molecule has 1 aromatic carbocycles. The summed E-state index contributed by atoms with van der Waals surface area (Å²) in [6, 6.07) is 5.46. The van der Waals surface area contributed by atoms with Crippen LogP contribution in [0.4, 0.5) is 14.0 Å². The normalized spacial score (nSPS) is 10.7. The summed E-state index contributed by atoms with van der Waals surface area (Å²) in [5.74, 6) is -0.300. The van der Waals surface area contributed by atoms with Crippen molar-refractivity contribution in [3.8, 4) is 0 Å². The Morgan fingerprint density at radius 3 is 2.33 bits per heavy atom. The minimum absolute atomic E-state index is 0.300. The molecule has 0 radical (unpaired) electrons. The molecule has 0 aliphatic rings. The van der Waals surface area contributed by atoms with E-state index >= 15 is 0 Å². The predicted molar refractivity (Wildman–Crippen MR) is 76.0 cm³/mol. The highest BCUT2D eigenvalue weighted by atomic mass is 19.1. The molecule has 6 nitrogen and oxygen atoms in total. The predicted octanol–water partition coefficient (Wildman–Crippen LogP) is 2.11. The third-order valence-electron chi connectivity index (χ3n) is 2.29. The average molecular weight is 297 g/mol. The summed E-state index contributed by atoms with van der Waals surface area (Å²) in [5, 5.41) is 2.55. The molecule has 0 aliphatic carbocycles. The van der Waals surface area contributed by atoms with Crippen LogP contribution >= 0.6 is 0 Å². The molecule has 1 rings (SSSR count). The summed E-state index contributed by atoms with van der Waals surface area (Å²) in [6.07, 6.45) is -0.184. The lowest BCUT2D eigenvalue weighted by atomic mass is 10.1. The van der Waals surface area contributed by atoms with Gasteiger partial charge in [0.1, 0.15) is 11.4 Å². The topological polar surface area (TPSA) is 79.5 Å². The van der Waals surface area contributed by atoms with Crippen molar-refractivity contribution in [2.75, 3.05) is 6.54 Å². The van der Waals surface area contributed by atoms with Crippen LogP contribution in [0.1, 0.15) is 26.3 Å². The van der Waals surface area contributed by atoms with E-state index in [4.69, 9.17) is 4.74 Å². The van der Waals surface area contributed by atoms with Crippen LogP contribution in [-0.2, 0) is 11.2 Å². The molecule has 0 heterocycles. The summed E-state index contributed by atoms with van der Waals surface area (Å²) in [6.45, 7) is 5.51. The van der Waals surface area contributed by atoms with Crippen molar-refractivity contribution in [2.24, 2.45) is 0 Å². The Bertz CT molecular complexity index is 483. The Balaban J connectivity index is 2.19. The number of urea groups is 1. The molecule has 7 heteroatoms. The van der Waals surface area contributed by atoms with Gasteiger partial charge in [0, 0.05) is 6.54 Å². The molecule has 0 saturated heterocycles. The van der Waals surface area contributed by atoms with Gasteiger partial charge < -0.3 is 10.1 Å². The van der Waals surface area contributed by atoms with Crippen molar-refractivity contribution in [3.63, 3.8) is 0 Å². The highest BCUT2D eigenvalue weighted by Crippen LogP contribution is 2.05. The first-order valence-electron chi connectivity index (χ1n) is 6.53. The highest BCUT2D eigenvalue weighted by molar-refractivity contribution is 5.77. The van der Waals surface area contributed by atoms with Gasteiger partial charge in [-0.25, -0.2) is 24.8 Å². The van der Waals surface area contributed by atoms with Crippen molar-refractivity contribution >= 4 is 12.1 Å². The fourth-order valence-electron chi connectivity index (χ4n) is 1.43. The molecule has 0 atom stereocenters. The minimum Gasteiger partial charge on any atom is -0.443 e. The maximum absolute atomic E-state index is 12.7. The number of rotatable bonds is 3. The molecule has 0 aliphatic heterocycles. The molecule has 0 spiro atoms. The average Bonchev–Trinajstić information content (AvgIpc) is 2.37. The molecule has 21 heavy (non-hydrogen) atoms. The standard InChI is InChI=1S/C14H20FN3O3/c1-14(2,3)21-13(20)18-17-12(19)16-9-8-10-4-6-11(15)7-5-10/h4-7H,8-9H2,1-3H3,(H,18,20)(H2,16,17,19). The van der Waals surface area contributed by atoms with E-state index in [1.165, 1.54) is 12.1 Å². The van der Waals surface area contributed by atoms with Crippen LogP contribution in [0, 0.1) is 5.82 Å². The number of hydrogen-bond donors (Lipinski definition) is 3. The summed E-state index contributed by atoms with van der Waals surface area (Å²) in [5.41, 5.74) is 4.55. The van der Waals surface area contributed by atoms with Crippen molar-refractivity contribution < 1.29 is 18.7 Å². The number of hydrogen-bond acceptors (Lipinski definition) is 3. The minimum atomic E-state index is -0.740. The summed E-state index contributed by atoms with van der Waals surface area (Å²) in [7, 11) is 0. The van der Waals surface area contributed by atoms with E-state index in [0.29, 0.717) is 13.0 Å². The van der Waals surface area contributed by atoms with Crippen LogP contribution in [0.25, 0.3) is 0 Å². The lowest BCUT2D eigenvalue weighted by Gasteiger charge is -2.19. The fourth-order valence-corrected chi connectivity index (χ4v) is 1.43. The molecule has 0 unspecified atom stereocenters. The van der Waals surface area contributed by atoms with E-state index in [0.717, 1.165) is 5.56 Å². The monoisotopic (exact) mass is 297 g/mol. The smallest absolute Gasteiger partial charge is 0.426 e. The van der Waals surface area contributed by atoms with Gasteiger partial charge in [-0.15, -0.1) is 0 Å². The Morgan fingerprint density at radius 2 is 1.76 bits per heavy atom. The Hall–Kier alpha value is -2.31. The summed E-state index contributed by atoms with van der Waals surface area (Å²) in [4.78, 5) is 22.7. The number of halogens is 1. The number of hydrazine groups is 1. The van der Waals surface area contributed by atoms with Gasteiger partial charge in [0.15, 0.2) is 0 Å². The maximum Gasteiger partial charge on any atom is 0.426 e. The zero-order valence-corrected chi connectivity index (χ0v) is 12.3. The van der Waals surface area contributed by atoms with Gasteiger partial charge in [0.2, 0.25) is 0 Å². The molecular formula is C14H20FN3O3. The van der Waals surface area contributed by atoms with E-state index < -0.39 is 17.7 Å². The Kier molecular flexibility index (Phi) is 5.95. The number of amides is 3. The molecular weight excluding hydrogens is 277 g/mol. The van der Waals surface area contributed by atoms with Gasteiger partial charge in [-0.2, -0.15) is 0 Å². The molecule has 116 valence electrons. The van der Waals surface area contributed by atoms with Crippen LogP contribution in [0.15, 0.2) is 24.3 Å². The second kappa shape index (κ2) is 7.47. The Labute approximate surface area is 123 Å². The lowest BCUT2D eigenvalue weighted by Crippen LogP contribution is -2.48. The maximum atomic E-state index is 12.7. The third-order valence-corrected chi connectivity index (χ3v) is 2.29. The molecule has 1 aromatic rings. The number of nitrogens with one attached hydrogen (secondary N) is 3. The number of ether oxygens (including phenoxy) is 1. The van der Waals surface area contributed by atoms with Crippen molar-refractivity contribution in [2.45, 2.75) is 32.8 Å². The van der Waals surface area contributed by atoms with E-state index in [-0.39, 0.29) is 5.82 Å². The summed E-state index contributed by atoms with van der Waals surface area (Å²) < 4.78 is 17.6. The van der Waals surface area contributed by atoms with Crippen LogP contribution in [0.3, 0.4) is 0 Å². The van der Waals surface area contributed by atoms with Gasteiger partial charge in [-0.3, -0.25) is 0 Å². The van der Waals surface area contributed by atoms with Crippen LogP contribution < -0.4 is 16.2 Å². The van der Waals surface area contributed by atoms with E-state index in [1.807, 2.05) is 0 Å². The first-order valence-corrected chi connectivity index (χ1v) is 6.53. The fraction of sp³-hybridized carbons (Fsp3) is 0.429. The lowest BCUT2D eigenvalue weighted by molar-refractivity contribution is 0.0505. The van der Waals surface area contributed by atoms with Gasteiger partial charge in [-0.05, 0) is 44.9 Å². The van der Waals surface area contributed by atoms with E-state index in [1.54, 1.807) is 32.9 Å². The first kappa shape index (κ1) is 16.7. The van der Waals surface area contributed by atoms with Gasteiger partial charge in [0.05, 0.1) is 0 Å². The zero-order valence-electron chi connectivity index (χ0n) is 12.3. The number of benzene rings is 1. The second-order valence-corrected chi connectivity index (χ2v) is 5.38. The molecule has 0 saturated carbocycles. The van der Waals surface area contributed by atoms with Crippen LogP contribution in [-0.4, -0.2) is 24.3 Å². The van der Waals surface area contributed by atoms with Crippen molar-refractivity contribution in [1.82, 2.24) is 16.2 Å². The largest absolute Gasteiger partial charge is 0.443 e. The van der Waals surface area contributed by atoms with Gasteiger partial charge >= 0.3 is 12.1 Å². The molecule has 0 fully saturated rings. The highest BCUT2D eigenvalue weighted by Gasteiger charge is 2.16. The van der Waals surface area contributed by atoms with Crippen molar-refractivity contribution in [1.29, 1.82) is 0 Å². The van der Waals surface area contributed by atoms with Gasteiger partial charge in [0.25, 0.3) is 0 Å². The molecule has 3 N–H and O–H groups in total. The van der Waals surface area contributed by atoms with E-state index in [2.05, 4.69) is 16.2 Å². The van der Waals surface area contributed by atoms with Crippen molar-refractivity contribution in [3.05, 3.63) is 35.6 Å². The number of carbonyl (C=O) groups is 2. The SMILES string of the molecule is CC(C)(C)OC(=O)NNC(=O)NCCc1ccc(F)cc1. The zero-order chi connectivity index (χ0) is 15.9. The number of carbonyl (C=O) groups excluding carboxylic acids is 2. The molecule has 0 aromatic heterocycles. The van der Waals surface area contributed by atoms with Crippen LogP contribution in [0.5, 0.6) is 0 Å². The van der Waals surface area contributed by atoms with Crippen LogP contribution in [0.2, 0.25) is 0 Å². The van der Waals surface area contributed by atoms with Gasteiger partial charge in [-0.1, -0.05) is 12.1 Å².